The third kappa shape index (κ3) is 1.93. The second-order valence-corrected chi connectivity index (χ2v) is 4.29. The zero-order valence-corrected chi connectivity index (χ0v) is 11.0. The standard InChI is InChI=1S/C14H15N5/c1-3-15-14-10(2)13(17-9-18-14)11-5-4-6-12-16-7-8-19(11)12/h4-9H,3H2,1-2H3,(H,15,17,18). The van der Waals surface area contributed by atoms with Gasteiger partial charge in [0.2, 0.25) is 0 Å². The molecule has 0 atom stereocenters. The van der Waals surface area contributed by atoms with Crippen LogP contribution in [-0.4, -0.2) is 25.9 Å². The zero-order chi connectivity index (χ0) is 13.2. The third-order valence-electron chi connectivity index (χ3n) is 3.10. The van der Waals surface area contributed by atoms with Crippen LogP contribution in [0.4, 0.5) is 5.82 Å². The maximum atomic E-state index is 4.42. The summed E-state index contributed by atoms with van der Waals surface area (Å²) in [4.78, 5) is 13.0. The lowest BCUT2D eigenvalue weighted by molar-refractivity contribution is 1.07. The van der Waals surface area contributed by atoms with Crippen molar-refractivity contribution in [1.82, 2.24) is 19.4 Å². The maximum absolute atomic E-state index is 4.42. The number of nitrogens with zero attached hydrogens (tertiary/aromatic N) is 4. The van der Waals surface area contributed by atoms with Gasteiger partial charge in [-0.1, -0.05) is 6.07 Å². The van der Waals surface area contributed by atoms with E-state index in [9.17, 15) is 0 Å². The number of hydrogen-bond donors (Lipinski definition) is 1. The van der Waals surface area contributed by atoms with E-state index in [-0.39, 0.29) is 0 Å². The highest BCUT2D eigenvalue weighted by Gasteiger charge is 2.11. The number of imidazole rings is 1. The molecule has 5 nitrogen and oxygen atoms in total. The van der Waals surface area contributed by atoms with Crippen LogP contribution in [0.15, 0.2) is 36.9 Å². The van der Waals surface area contributed by atoms with Crippen molar-refractivity contribution in [3.05, 3.63) is 42.5 Å². The Morgan fingerprint density at radius 1 is 1.21 bits per heavy atom. The molecule has 0 unspecified atom stereocenters. The summed E-state index contributed by atoms with van der Waals surface area (Å²) in [6.07, 6.45) is 5.33. The molecule has 0 saturated heterocycles. The normalized spacial score (nSPS) is 10.8. The average molecular weight is 253 g/mol. The van der Waals surface area contributed by atoms with Crippen molar-refractivity contribution < 1.29 is 0 Å². The van der Waals surface area contributed by atoms with Crippen molar-refractivity contribution in [1.29, 1.82) is 0 Å². The lowest BCUT2D eigenvalue weighted by atomic mass is 10.1. The molecule has 3 rings (SSSR count). The Morgan fingerprint density at radius 2 is 2.11 bits per heavy atom. The summed E-state index contributed by atoms with van der Waals surface area (Å²) in [6, 6.07) is 6.01. The molecule has 0 bridgehead atoms. The summed E-state index contributed by atoms with van der Waals surface area (Å²) in [6.45, 7) is 4.92. The molecule has 1 N–H and O–H groups in total. The lowest BCUT2D eigenvalue weighted by Crippen LogP contribution is -2.05. The number of aromatic nitrogens is 4. The Labute approximate surface area is 111 Å². The van der Waals surface area contributed by atoms with Crippen molar-refractivity contribution in [2.24, 2.45) is 0 Å². The highest BCUT2D eigenvalue weighted by molar-refractivity contribution is 5.67. The van der Waals surface area contributed by atoms with Gasteiger partial charge in [-0.2, -0.15) is 0 Å². The Hall–Kier alpha value is -2.43. The molecule has 96 valence electrons. The second-order valence-electron chi connectivity index (χ2n) is 4.29. The van der Waals surface area contributed by atoms with Gasteiger partial charge in [0.15, 0.2) is 0 Å². The minimum absolute atomic E-state index is 0.840. The molecule has 0 aromatic carbocycles. The summed E-state index contributed by atoms with van der Waals surface area (Å²) < 4.78 is 2.03. The van der Waals surface area contributed by atoms with Gasteiger partial charge in [0, 0.05) is 24.5 Å². The van der Waals surface area contributed by atoms with Crippen molar-refractivity contribution in [3.8, 4) is 11.4 Å². The molecular formula is C14H15N5. The van der Waals surface area contributed by atoms with E-state index < -0.39 is 0 Å². The predicted molar refractivity (Wildman–Crippen MR) is 75.1 cm³/mol. The van der Waals surface area contributed by atoms with E-state index in [0.717, 1.165) is 35.0 Å². The highest BCUT2D eigenvalue weighted by atomic mass is 15.0. The monoisotopic (exact) mass is 253 g/mol. The first kappa shape index (κ1) is 11.6. The van der Waals surface area contributed by atoms with Crippen LogP contribution in [0.5, 0.6) is 0 Å². The highest BCUT2D eigenvalue weighted by Crippen LogP contribution is 2.25. The topological polar surface area (TPSA) is 55.1 Å². The van der Waals surface area contributed by atoms with Gasteiger partial charge in [-0.05, 0) is 26.0 Å². The molecule has 0 aliphatic rings. The van der Waals surface area contributed by atoms with Gasteiger partial charge in [-0.3, -0.25) is 4.40 Å². The van der Waals surface area contributed by atoms with Crippen molar-refractivity contribution in [3.63, 3.8) is 0 Å². The summed E-state index contributed by atoms with van der Waals surface area (Å²) in [5.41, 5.74) is 3.91. The van der Waals surface area contributed by atoms with Gasteiger partial charge in [0.25, 0.3) is 0 Å². The maximum Gasteiger partial charge on any atom is 0.137 e. The van der Waals surface area contributed by atoms with Crippen LogP contribution >= 0.6 is 0 Å². The molecule has 0 amide bonds. The van der Waals surface area contributed by atoms with Gasteiger partial charge in [-0.15, -0.1) is 0 Å². The predicted octanol–water partition coefficient (Wildman–Crippen LogP) is 2.53. The molecule has 3 aromatic rings. The lowest BCUT2D eigenvalue weighted by Gasteiger charge is -2.11. The van der Waals surface area contributed by atoms with Crippen LogP contribution in [0.1, 0.15) is 12.5 Å². The Balaban J connectivity index is 2.21. The Morgan fingerprint density at radius 3 is 2.95 bits per heavy atom. The molecule has 19 heavy (non-hydrogen) atoms. The molecule has 0 aliphatic heterocycles. The largest absolute Gasteiger partial charge is 0.370 e. The fourth-order valence-electron chi connectivity index (χ4n) is 2.19. The van der Waals surface area contributed by atoms with Crippen molar-refractivity contribution in [2.75, 3.05) is 11.9 Å². The SMILES string of the molecule is CCNc1ncnc(-c2cccc3nccn23)c1C. The minimum Gasteiger partial charge on any atom is -0.370 e. The first-order chi connectivity index (χ1) is 9.31. The van der Waals surface area contributed by atoms with E-state index in [1.807, 2.05) is 35.7 Å². The van der Waals surface area contributed by atoms with E-state index in [4.69, 9.17) is 0 Å². The number of rotatable bonds is 3. The summed E-state index contributed by atoms with van der Waals surface area (Å²) >= 11 is 0. The molecule has 0 saturated carbocycles. The number of hydrogen-bond acceptors (Lipinski definition) is 4. The molecule has 0 spiro atoms. The van der Waals surface area contributed by atoms with Gasteiger partial charge in [-0.25, -0.2) is 15.0 Å². The van der Waals surface area contributed by atoms with E-state index in [1.54, 1.807) is 12.5 Å². The first-order valence-corrected chi connectivity index (χ1v) is 6.29. The summed E-state index contributed by atoms with van der Waals surface area (Å²) in [7, 11) is 0. The summed E-state index contributed by atoms with van der Waals surface area (Å²) in [5.74, 6) is 0.879. The van der Waals surface area contributed by atoms with Crippen LogP contribution in [0.25, 0.3) is 17.0 Å². The number of fused-ring (bicyclic) bond motifs is 1. The van der Waals surface area contributed by atoms with Gasteiger partial charge in [0.1, 0.15) is 17.8 Å². The Kier molecular flexibility index (Phi) is 2.87. The van der Waals surface area contributed by atoms with Crippen molar-refractivity contribution >= 4 is 11.5 Å². The molecule has 3 heterocycles. The summed E-state index contributed by atoms with van der Waals surface area (Å²) in [5, 5.41) is 3.25. The first-order valence-electron chi connectivity index (χ1n) is 6.29. The van der Waals surface area contributed by atoms with Crippen LogP contribution in [0.3, 0.4) is 0 Å². The minimum atomic E-state index is 0.840. The van der Waals surface area contributed by atoms with E-state index in [2.05, 4.69) is 27.2 Å². The quantitative estimate of drug-likeness (QED) is 0.779. The second kappa shape index (κ2) is 4.68. The van der Waals surface area contributed by atoms with E-state index in [1.165, 1.54) is 0 Å². The van der Waals surface area contributed by atoms with Gasteiger partial charge in [0.05, 0.1) is 11.4 Å². The van der Waals surface area contributed by atoms with Crippen LogP contribution in [-0.2, 0) is 0 Å². The van der Waals surface area contributed by atoms with Crippen LogP contribution < -0.4 is 5.32 Å². The molecule has 0 fully saturated rings. The zero-order valence-electron chi connectivity index (χ0n) is 11.0. The molecule has 3 aromatic heterocycles. The van der Waals surface area contributed by atoms with Gasteiger partial charge < -0.3 is 5.32 Å². The number of nitrogens with one attached hydrogen (secondary N) is 1. The number of pyridine rings is 1. The fourth-order valence-corrected chi connectivity index (χ4v) is 2.19. The third-order valence-corrected chi connectivity index (χ3v) is 3.10. The molecular weight excluding hydrogens is 238 g/mol. The van der Waals surface area contributed by atoms with Crippen LogP contribution in [0.2, 0.25) is 0 Å². The van der Waals surface area contributed by atoms with E-state index in [0.29, 0.717) is 0 Å². The van der Waals surface area contributed by atoms with Crippen LogP contribution in [0, 0.1) is 6.92 Å². The molecule has 5 heteroatoms. The van der Waals surface area contributed by atoms with Crippen molar-refractivity contribution in [2.45, 2.75) is 13.8 Å². The van der Waals surface area contributed by atoms with E-state index >= 15 is 0 Å². The number of anilines is 1. The molecule has 0 radical (unpaired) electrons. The molecule has 0 aliphatic carbocycles. The average Bonchev–Trinajstić information content (AvgIpc) is 2.90. The fraction of sp³-hybridized carbons (Fsp3) is 0.214. The smallest absolute Gasteiger partial charge is 0.137 e. The van der Waals surface area contributed by atoms with Gasteiger partial charge >= 0.3 is 0 Å². The Bertz CT molecular complexity index is 717.